The molecule has 2 atom stereocenters. The Morgan fingerprint density at radius 1 is 0.933 bits per heavy atom. The van der Waals surface area contributed by atoms with Gasteiger partial charge in [0, 0.05) is 12.6 Å². The number of hydrogen-bond acceptors (Lipinski definition) is 4. The van der Waals surface area contributed by atoms with Crippen LogP contribution in [0.3, 0.4) is 0 Å². The summed E-state index contributed by atoms with van der Waals surface area (Å²) in [5.41, 5.74) is 2.19. The fourth-order valence-electron chi connectivity index (χ4n) is 4.62. The van der Waals surface area contributed by atoms with E-state index >= 15 is 0 Å². The Hall–Kier alpha value is -1.17. The predicted octanol–water partition coefficient (Wildman–Crippen LogP) is 6.46. The van der Waals surface area contributed by atoms with Gasteiger partial charge in [0.2, 0.25) is 8.32 Å². The number of carbonyl (C=O) groups excluding carboxylic acids is 1. The van der Waals surface area contributed by atoms with Crippen molar-refractivity contribution in [3.8, 4) is 0 Å². The molecule has 0 spiro atoms. The molecule has 0 aliphatic rings. The first kappa shape index (κ1) is 26.9. The third-order valence-corrected chi connectivity index (χ3v) is 12.1. The van der Waals surface area contributed by atoms with Gasteiger partial charge in [0.1, 0.15) is 5.60 Å². The number of hydrogen-bond donors (Lipinski definition) is 1. The number of ether oxygens (including phenoxy) is 1. The van der Waals surface area contributed by atoms with Gasteiger partial charge in [-0.2, -0.15) is 0 Å². The van der Waals surface area contributed by atoms with Crippen molar-refractivity contribution >= 4 is 14.3 Å². The maximum Gasteiger partial charge on any atom is 0.307 e. The zero-order valence-corrected chi connectivity index (χ0v) is 21.9. The normalized spacial score (nSPS) is 15.0. The summed E-state index contributed by atoms with van der Waals surface area (Å²) in [5, 5.41) is 3.59. The van der Waals surface area contributed by atoms with E-state index in [0.717, 1.165) is 0 Å². The van der Waals surface area contributed by atoms with Crippen LogP contribution in [0.2, 0.25) is 16.6 Å². The summed E-state index contributed by atoms with van der Waals surface area (Å²) in [7, 11) is -2.05. The van der Waals surface area contributed by atoms with Crippen LogP contribution in [0.25, 0.3) is 0 Å². The lowest BCUT2D eigenvalue weighted by atomic mass is 10.1. The average molecular weight is 436 g/mol. The highest BCUT2D eigenvalue weighted by Crippen LogP contribution is 2.43. The fraction of sp³-hybridized carbons (Fsp3) is 0.720. The van der Waals surface area contributed by atoms with Gasteiger partial charge in [-0.05, 0) is 49.9 Å². The maximum atomic E-state index is 12.6. The van der Waals surface area contributed by atoms with E-state index in [1.807, 2.05) is 39.0 Å². The van der Waals surface area contributed by atoms with Crippen LogP contribution in [-0.2, 0) is 20.5 Å². The lowest BCUT2D eigenvalue weighted by Gasteiger charge is -2.45. The molecule has 0 radical (unpaired) electrons. The van der Waals surface area contributed by atoms with E-state index in [2.05, 4.69) is 65.9 Å². The highest BCUT2D eigenvalue weighted by molar-refractivity contribution is 6.77. The summed E-state index contributed by atoms with van der Waals surface area (Å²) in [4.78, 5) is 12.6. The molecule has 172 valence electrons. The van der Waals surface area contributed by atoms with Crippen LogP contribution in [0.15, 0.2) is 30.3 Å². The van der Waals surface area contributed by atoms with Gasteiger partial charge in [0.25, 0.3) is 0 Å². The minimum atomic E-state index is -2.05. The summed E-state index contributed by atoms with van der Waals surface area (Å²) in [6, 6.07) is 10.2. The molecule has 0 bridgehead atoms. The van der Waals surface area contributed by atoms with Crippen LogP contribution in [0, 0.1) is 0 Å². The van der Waals surface area contributed by atoms with E-state index in [-0.39, 0.29) is 18.1 Å². The van der Waals surface area contributed by atoms with Crippen molar-refractivity contribution in [1.29, 1.82) is 0 Å². The number of carbonyl (C=O) groups is 1. The van der Waals surface area contributed by atoms with Gasteiger partial charge in [0.15, 0.2) is 0 Å². The number of esters is 1. The molecule has 4 nitrogen and oxygen atoms in total. The molecule has 0 amide bonds. The highest BCUT2D eigenvalue weighted by atomic mass is 28.4. The van der Waals surface area contributed by atoms with Gasteiger partial charge in [-0.3, -0.25) is 4.79 Å². The third kappa shape index (κ3) is 7.82. The lowest BCUT2D eigenvalue weighted by Crippen LogP contribution is -2.54. The molecule has 0 saturated carbocycles. The zero-order chi connectivity index (χ0) is 23.1. The lowest BCUT2D eigenvalue weighted by molar-refractivity contribution is -0.156. The van der Waals surface area contributed by atoms with Crippen LogP contribution in [0.4, 0.5) is 0 Å². The van der Waals surface area contributed by atoms with Gasteiger partial charge in [-0.1, -0.05) is 71.9 Å². The van der Waals surface area contributed by atoms with Crippen LogP contribution >= 0.6 is 0 Å². The molecule has 0 unspecified atom stereocenters. The fourth-order valence-corrected chi connectivity index (χ4v) is 10.2. The molecule has 0 saturated heterocycles. The molecule has 1 aromatic rings. The second kappa shape index (κ2) is 11.4. The Kier molecular flexibility index (Phi) is 10.2. The van der Waals surface area contributed by atoms with E-state index in [4.69, 9.17) is 9.16 Å². The average Bonchev–Trinajstić information content (AvgIpc) is 2.61. The number of rotatable bonds is 11. The molecule has 0 aliphatic heterocycles. The van der Waals surface area contributed by atoms with Gasteiger partial charge >= 0.3 is 5.97 Å². The standard InChI is InChI=1S/C25H45NO3Si/c1-18(2)30(19(3)4,20(5)6)29-21(7)23(16-24(27)28-25(8,9)10)26-17-22-14-12-11-13-15-22/h11-15,18-21,23,26H,16-17H2,1-10H3/t21-,23+/m0/s1. The van der Waals surface area contributed by atoms with Crippen LogP contribution in [0.1, 0.15) is 81.2 Å². The second-order valence-electron chi connectivity index (χ2n) is 10.4. The van der Waals surface area contributed by atoms with Crippen LogP contribution in [-0.4, -0.2) is 32.0 Å². The summed E-state index contributed by atoms with van der Waals surface area (Å²) < 4.78 is 12.6. The number of benzene rings is 1. The first-order valence-corrected chi connectivity index (χ1v) is 13.6. The topological polar surface area (TPSA) is 47.6 Å². The van der Waals surface area contributed by atoms with Crippen molar-refractivity contribution in [2.75, 3.05) is 0 Å². The monoisotopic (exact) mass is 435 g/mol. The highest BCUT2D eigenvalue weighted by Gasteiger charge is 2.47. The quantitative estimate of drug-likeness (QED) is 0.320. The molecular weight excluding hydrogens is 390 g/mol. The van der Waals surface area contributed by atoms with Crippen LogP contribution in [0.5, 0.6) is 0 Å². The molecule has 1 rings (SSSR count). The molecular formula is C25H45NO3Si. The zero-order valence-electron chi connectivity index (χ0n) is 20.9. The first-order valence-electron chi connectivity index (χ1n) is 11.5. The molecule has 0 aliphatic carbocycles. The van der Waals surface area contributed by atoms with E-state index < -0.39 is 13.9 Å². The van der Waals surface area contributed by atoms with Crippen molar-refractivity contribution in [3.05, 3.63) is 35.9 Å². The predicted molar refractivity (Wildman–Crippen MR) is 129 cm³/mol. The van der Waals surface area contributed by atoms with E-state index in [9.17, 15) is 4.79 Å². The van der Waals surface area contributed by atoms with E-state index in [1.54, 1.807) is 0 Å². The van der Waals surface area contributed by atoms with Crippen molar-refractivity contribution in [2.24, 2.45) is 0 Å². The molecule has 0 aromatic heterocycles. The van der Waals surface area contributed by atoms with Gasteiger partial charge in [-0.15, -0.1) is 0 Å². The Bertz CT molecular complexity index is 616. The van der Waals surface area contributed by atoms with Crippen molar-refractivity contribution in [3.63, 3.8) is 0 Å². The smallest absolute Gasteiger partial charge is 0.307 e. The Balaban J connectivity index is 3.06. The summed E-state index contributed by atoms with van der Waals surface area (Å²) in [5.74, 6) is -0.186. The largest absolute Gasteiger partial charge is 0.460 e. The Labute approximate surface area is 186 Å². The summed E-state index contributed by atoms with van der Waals surface area (Å²) >= 11 is 0. The second-order valence-corrected chi connectivity index (χ2v) is 15.8. The summed E-state index contributed by atoms with van der Waals surface area (Å²) in [6.45, 7) is 22.3. The SMILES string of the molecule is CC(C)[Si](O[C@@H](C)[C@@H](CC(=O)OC(C)(C)C)NCc1ccccc1)(C(C)C)C(C)C. The van der Waals surface area contributed by atoms with Gasteiger partial charge in [-0.25, -0.2) is 0 Å². The minimum absolute atomic E-state index is 0.0832. The maximum absolute atomic E-state index is 12.6. The van der Waals surface area contributed by atoms with Gasteiger partial charge < -0.3 is 14.5 Å². The number of nitrogens with one attached hydrogen (secondary N) is 1. The summed E-state index contributed by atoms with van der Waals surface area (Å²) in [6.07, 6.45) is 0.212. The van der Waals surface area contributed by atoms with E-state index in [1.165, 1.54) is 5.56 Å². The molecule has 1 aromatic carbocycles. The van der Waals surface area contributed by atoms with E-state index in [0.29, 0.717) is 29.6 Å². The Morgan fingerprint density at radius 2 is 1.43 bits per heavy atom. The molecule has 30 heavy (non-hydrogen) atoms. The van der Waals surface area contributed by atoms with Crippen molar-refractivity contribution in [1.82, 2.24) is 5.32 Å². The molecule has 0 heterocycles. The first-order chi connectivity index (χ1) is 13.8. The molecule has 1 N–H and O–H groups in total. The van der Waals surface area contributed by atoms with Crippen LogP contribution < -0.4 is 5.32 Å². The third-order valence-electron chi connectivity index (χ3n) is 5.88. The minimum Gasteiger partial charge on any atom is -0.460 e. The molecule has 0 fully saturated rings. The van der Waals surface area contributed by atoms with Crippen molar-refractivity contribution in [2.45, 2.75) is 117 Å². The van der Waals surface area contributed by atoms with Gasteiger partial charge in [0.05, 0.1) is 12.5 Å². The Morgan fingerprint density at radius 3 is 1.87 bits per heavy atom. The van der Waals surface area contributed by atoms with Crippen molar-refractivity contribution < 1.29 is 14.0 Å². The molecule has 5 heteroatoms.